The second kappa shape index (κ2) is 11.3. The molecule has 4 rings (SSSR count). The molecule has 0 radical (unpaired) electrons. The summed E-state index contributed by atoms with van der Waals surface area (Å²) in [4.78, 5) is 15.7. The molecule has 190 valence electrons. The molecule has 0 atom stereocenters. The monoisotopic (exact) mass is 505 g/mol. The van der Waals surface area contributed by atoms with Gasteiger partial charge in [0.25, 0.3) is 10.0 Å². The first-order chi connectivity index (χ1) is 17.2. The summed E-state index contributed by atoms with van der Waals surface area (Å²) in [6.07, 6.45) is 2.45. The van der Waals surface area contributed by atoms with E-state index in [9.17, 15) is 13.2 Å². The molecule has 0 unspecified atom stereocenters. The number of carbonyl (C=O) groups excluding carboxylic acids is 1. The Balaban J connectivity index is 1.55. The molecule has 1 saturated heterocycles. The highest BCUT2D eigenvalue weighted by molar-refractivity contribution is 7.92. The van der Waals surface area contributed by atoms with E-state index in [1.54, 1.807) is 30.3 Å². The molecular formula is C29H35N3O3S. The van der Waals surface area contributed by atoms with Gasteiger partial charge < -0.3 is 5.32 Å². The van der Waals surface area contributed by atoms with Crippen LogP contribution >= 0.6 is 0 Å². The number of rotatable bonds is 9. The van der Waals surface area contributed by atoms with Crippen LogP contribution in [-0.4, -0.2) is 38.9 Å². The Morgan fingerprint density at radius 2 is 1.53 bits per heavy atom. The number of aryl methyl sites for hydroxylation is 3. The molecule has 3 aromatic rings. The Labute approximate surface area is 215 Å². The van der Waals surface area contributed by atoms with Gasteiger partial charge >= 0.3 is 0 Å². The number of hydrogen-bond donors (Lipinski definition) is 1. The third-order valence-corrected chi connectivity index (χ3v) is 8.48. The summed E-state index contributed by atoms with van der Waals surface area (Å²) in [5, 5.41) is 2.96. The molecule has 1 N–H and O–H groups in total. The van der Waals surface area contributed by atoms with Gasteiger partial charge in [-0.15, -0.1) is 0 Å². The van der Waals surface area contributed by atoms with E-state index in [4.69, 9.17) is 0 Å². The number of benzene rings is 3. The minimum Gasteiger partial charge on any atom is -0.350 e. The lowest BCUT2D eigenvalue weighted by molar-refractivity contribution is -0.119. The predicted octanol–water partition coefficient (Wildman–Crippen LogP) is 4.72. The Kier molecular flexibility index (Phi) is 8.11. The zero-order valence-corrected chi connectivity index (χ0v) is 22.1. The molecule has 1 aliphatic heterocycles. The van der Waals surface area contributed by atoms with Crippen LogP contribution in [0.15, 0.2) is 71.6 Å². The lowest BCUT2D eigenvalue weighted by Gasteiger charge is -2.26. The second-order valence-electron chi connectivity index (χ2n) is 9.64. The fraction of sp³-hybridized carbons (Fsp3) is 0.345. The first kappa shape index (κ1) is 25.9. The summed E-state index contributed by atoms with van der Waals surface area (Å²) in [7, 11) is -3.94. The molecule has 0 aromatic heterocycles. The lowest BCUT2D eigenvalue weighted by Crippen LogP contribution is -2.41. The third kappa shape index (κ3) is 6.15. The van der Waals surface area contributed by atoms with Crippen molar-refractivity contribution in [2.75, 3.05) is 23.9 Å². The quantitative estimate of drug-likeness (QED) is 0.457. The van der Waals surface area contributed by atoms with Gasteiger partial charge in [0.1, 0.15) is 6.54 Å². The van der Waals surface area contributed by atoms with E-state index >= 15 is 0 Å². The number of anilines is 1. The topological polar surface area (TPSA) is 69.7 Å². The summed E-state index contributed by atoms with van der Waals surface area (Å²) in [5.41, 5.74) is 5.55. The number of carbonyl (C=O) groups is 1. The van der Waals surface area contributed by atoms with E-state index in [0.29, 0.717) is 12.2 Å². The smallest absolute Gasteiger partial charge is 0.264 e. The average molecular weight is 506 g/mol. The van der Waals surface area contributed by atoms with Crippen LogP contribution in [0.1, 0.15) is 40.7 Å². The maximum Gasteiger partial charge on any atom is 0.264 e. The highest BCUT2D eigenvalue weighted by atomic mass is 32.2. The van der Waals surface area contributed by atoms with Gasteiger partial charge in [-0.05, 0) is 81.6 Å². The zero-order valence-electron chi connectivity index (χ0n) is 21.3. The van der Waals surface area contributed by atoms with Crippen LogP contribution in [-0.2, 0) is 27.9 Å². The Bertz CT molecular complexity index is 1310. The van der Waals surface area contributed by atoms with Crippen molar-refractivity contribution in [2.45, 2.75) is 51.6 Å². The van der Waals surface area contributed by atoms with Gasteiger partial charge in [-0.2, -0.15) is 0 Å². The minimum atomic E-state index is -3.94. The van der Waals surface area contributed by atoms with Gasteiger partial charge in [-0.1, -0.05) is 59.7 Å². The largest absolute Gasteiger partial charge is 0.350 e. The normalized spacial score (nSPS) is 14.1. The van der Waals surface area contributed by atoms with Crippen LogP contribution in [0.25, 0.3) is 0 Å². The van der Waals surface area contributed by atoms with Crippen LogP contribution in [0.5, 0.6) is 0 Å². The molecule has 1 heterocycles. The summed E-state index contributed by atoms with van der Waals surface area (Å²) in [6, 6.07) is 20.4. The van der Waals surface area contributed by atoms with Crippen molar-refractivity contribution in [1.82, 2.24) is 10.2 Å². The van der Waals surface area contributed by atoms with E-state index in [0.717, 1.165) is 41.9 Å². The van der Waals surface area contributed by atoms with Crippen molar-refractivity contribution in [3.63, 3.8) is 0 Å². The van der Waals surface area contributed by atoms with E-state index in [2.05, 4.69) is 16.3 Å². The van der Waals surface area contributed by atoms with Gasteiger partial charge in [-0.25, -0.2) is 8.42 Å². The molecule has 0 saturated carbocycles. The highest BCUT2D eigenvalue weighted by Crippen LogP contribution is 2.28. The van der Waals surface area contributed by atoms with Crippen LogP contribution < -0.4 is 9.62 Å². The van der Waals surface area contributed by atoms with Crippen molar-refractivity contribution in [3.05, 3.63) is 94.5 Å². The molecule has 0 spiro atoms. The summed E-state index contributed by atoms with van der Waals surface area (Å²) < 4.78 is 28.6. The van der Waals surface area contributed by atoms with Crippen molar-refractivity contribution in [3.8, 4) is 0 Å². The number of amides is 1. The van der Waals surface area contributed by atoms with Crippen molar-refractivity contribution < 1.29 is 13.2 Å². The maximum atomic E-state index is 13.7. The zero-order chi connectivity index (χ0) is 25.7. The summed E-state index contributed by atoms with van der Waals surface area (Å²) in [6.45, 7) is 8.86. The van der Waals surface area contributed by atoms with Gasteiger partial charge in [0.05, 0.1) is 10.6 Å². The number of sulfonamides is 1. The van der Waals surface area contributed by atoms with Crippen molar-refractivity contribution >= 4 is 21.6 Å². The highest BCUT2D eigenvalue weighted by Gasteiger charge is 2.28. The van der Waals surface area contributed by atoms with Crippen LogP contribution in [0.2, 0.25) is 0 Å². The Hall–Kier alpha value is -3.16. The molecule has 6 nitrogen and oxygen atoms in total. The number of nitrogens with zero attached hydrogens (tertiary/aromatic N) is 2. The first-order valence-electron chi connectivity index (χ1n) is 12.5. The molecule has 1 amide bonds. The molecule has 7 heteroatoms. The average Bonchev–Trinajstić information content (AvgIpc) is 3.36. The summed E-state index contributed by atoms with van der Waals surface area (Å²) >= 11 is 0. The number of nitrogens with one attached hydrogen (secondary N) is 1. The molecule has 1 fully saturated rings. The van der Waals surface area contributed by atoms with Crippen molar-refractivity contribution in [1.29, 1.82) is 0 Å². The van der Waals surface area contributed by atoms with E-state index in [-0.39, 0.29) is 17.3 Å². The lowest BCUT2D eigenvalue weighted by atomic mass is 10.1. The SMILES string of the molecule is Cc1ccc(S(=O)(=O)N(CC(=O)NCc2ccccc2CN2CCCC2)c2ccc(C)cc2C)cc1. The van der Waals surface area contributed by atoms with Gasteiger partial charge in [0.2, 0.25) is 5.91 Å². The maximum absolute atomic E-state index is 13.7. The number of hydrogen-bond acceptors (Lipinski definition) is 4. The van der Waals surface area contributed by atoms with Gasteiger partial charge in [0, 0.05) is 13.1 Å². The summed E-state index contributed by atoms with van der Waals surface area (Å²) in [5.74, 6) is -0.346. The Morgan fingerprint density at radius 1 is 0.889 bits per heavy atom. The van der Waals surface area contributed by atoms with Crippen LogP contribution in [0.3, 0.4) is 0 Å². The molecule has 1 aliphatic rings. The van der Waals surface area contributed by atoms with Crippen molar-refractivity contribution in [2.24, 2.45) is 0 Å². The molecule has 3 aromatic carbocycles. The van der Waals surface area contributed by atoms with Crippen LogP contribution in [0.4, 0.5) is 5.69 Å². The van der Waals surface area contributed by atoms with E-state index < -0.39 is 10.0 Å². The second-order valence-corrected chi connectivity index (χ2v) is 11.5. The van der Waals surface area contributed by atoms with E-state index in [1.807, 2.05) is 51.1 Å². The molecule has 36 heavy (non-hydrogen) atoms. The molecule has 0 bridgehead atoms. The van der Waals surface area contributed by atoms with Gasteiger partial charge in [0.15, 0.2) is 0 Å². The molecule has 0 aliphatic carbocycles. The van der Waals surface area contributed by atoms with Crippen LogP contribution in [0, 0.1) is 20.8 Å². The fourth-order valence-corrected chi connectivity index (χ4v) is 6.15. The minimum absolute atomic E-state index is 0.164. The number of likely N-dealkylation sites (tertiary alicyclic amines) is 1. The third-order valence-electron chi connectivity index (χ3n) is 6.70. The standard InChI is InChI=1S/C29H35N3O3S/c1-22-10-13-27(14-11-22)36(34,35)32(28-15-12-23(2)18-24(28)3)21-29(33)30-19-25-8-4-5-9-26(25)20-31-16-6-7-17-31/h4-5,8-15,18H,6-7,16-17,19-21H2,1-3H3,(H,30,33). The van der Waals surface area contributed by atoms with Gasteiger partial charge in [-0.3, -0.25) is 14.0 Å². The van der Waals surface area contributed by atoms with E-state index in [1.165, 1.54) is 22.7 Å². The predicted molar refractivity (Wildman–Crippen MR) is 144 cm³/mol. The Morgan fingerprint density at radius 3 is 2.19 bits per heavy atom. The molecular weight excluding hydrogens is 470 g/mol. The fourth-order valence-electron chi connectivity index (χ4n) is 4.67. The first-order valence-corrected chi connectivity index (χ1v) is 13.9.